The van der Waals surface area contributed by atoms with Gasteiger partial charge in [0, 0.05) is 24.1 Å². The summed E-state index contributed by atoms with van der Waals surface area (Å²) >= 11 is 0. The van der Waals surface area contributed by atoms with E-state index >= 15 is 0 Å². The SMILES string of the molecule is CC(=O)OCCc1ccc2c(=O)c3ccccc3ccc2c1. The van der Waals surface area contributed by atoms with E-state index in [1.807, 2.05) is 54.6 Å². The molecule has 22 heavy (non-hydrogen) atoms. The number of carbonyl (C=O) groups excluding carboxylic acids is 1. The molecule has 0 atom stereocenters. The predicted octanol–water partition coefficient (Wildman–Crippen LogP) is 3.46. The summed E-state index contributed by atoms with van der Waals surface area (Å²) < 4.78 is 4.96. The Bertz CT molecular complexity index is 913. The van der Waals surface area contributed by atoms with E-state index in [4.69, 9.17) is 4.74 Å². The van der Waals surface area contributed by atoms with Crippen molar-refractivity contribution in [2.45, 2.75) is 13.3 Å². The lowest BCUT2D eigenvalue weighted by Crippen LogP contribution is -2.03. The van der Waals surface area contributed by atoms with Gasteiger partial charge in [-0.3, -0.25) is 9.59 Å². The molecule has 0 saturated heterocycles. The van der Waals surface area contributed by atoms with Crippen LogP contribution in [-0.2, 0) is 16.0 Å². The predicted molar refractivity (Wildman–Crippen MR) is 88.1 cm³/mol. The Morgan fingerprint density at radius 1 is 0.955 bits per heavy atom. The van der Waals surface area contributed by atoms with Crippen LogP contribution in [0.4, 0.5) is 0 Å². The molecule has 3 aromatic carbocycles. The number of hydrogen-bond donors (Lipinski definition) is 0. The topological polar surface area (TPSA) is 43.4 Å². The first kappa shape index (κ1) is 14.3. The van der Waals surface area contributed by atoms with Gasteiger partial charge >= 0.3 is 5.97 Å². The first-order valence-corrected chi connectivity index (χ1v) is 7.23. The van der Waals surface area contributed by atoms with E-state index in [9.17, 15) is 9.59 Å². The molecule has 0 amide bonds. The Morgan fingerprint density at radius 2 is 1.68 bits per heavy atom. The molecule has 3 heteroatoms. The fraction of sp³-hybridized carbons (Fsp3) is 0.158. The molecule has 0 aromatic heterocycles. The molecule has 110 valence electrons. The molecule has 0 unspecified atom stereocenters. The van der Waals surface area contributed by atoms with Gasteiger partial charge in [0.15, 0.2) is 5.43 Å². The molecular weight excluding hydrogens is 276 g/mol. The summed E-state index contributed by atoms with van der Waals surface area (Å²) in [5.74, 6) is -0.278. The summed E-state index contributed by atoms with van der Waals surface area (Å²) in [5.41, 5.74) is 1.09. The number of ether oxygens (including phenoxy) is 1. The smallest absolute Gasteiger partial charge is 0.302 e. The lowest BCUT2D eigenvalue weighted by molar-refractivity contribution is -0.140. The highest BCUT2D eigenvalue weighted by Crippen LogP contribution is 2.17. The average molecular weight is 292 g/mol. The maximum absolute atomic E-state index is 12.6. The van der Waals surface area contributed by atoms with E-state index in [0.717, 1.165) is 21.7 Å². The normalized spacial score (nSPS) is 10.8. The summed E-state index contributed by atoms with van der Waals surface area (Å²) in [7, 11) is 0. The zero-order chi connectivity index (χ0) is 15.5. The van der Waals surface area contributed by atoms with Gasteiger partial charge in [0.2, 0.25) is 0 Å². The quantitative estimate of drug-likeness (QED) is 0.694. The van der Waals surface area contributed by atoms with Crippen LogP contribution in [0.15, 0.2) is 59.4 Å². The lowest BCUT2D eigenvalue weighted by atomic mass is 10.1. The molecule has 0 radical (unpaired) electrons. The van der Waals surface area contributed by atoms with Gasteiger partial charge in [-0.15, -0.1) is 0 Å². The number of carbonyl (C=O) groups is 1. The van der Waals surface area contributed by atoms with Crippen molar-refractivity contribution in [1.82, 2.24) is 0 Å². The third-order valence-electron chi connectivity index (χ3n) is 3.70. The largest absolute Gasteiger partial charge is 0.466 e. The average Bonchev–Trinajstić information content (AvgIpc) is 2.65. The van der Waals surface area contributed by atoms with E-state index < -0.39 is 0 Å². The Kier molecular flexibility index (Phi) is 3.88. The summed E-state index contributed by atoms with van der Waals surface area (Å²) in [6.45, 7) is 1.75. The molecule has 0 saturated carbocycles. The van der Waals surface area contributed by atoms with Gasteiger partial charge in [-0.05, 0) is 16.3 Å². The molecule has 3 nitrogen and oxygen atoms in total. The third kappa shape index (κ3) is 2.84. The molecule has 0 N–H and O–H groups in total. The Balaban J connectivity index is 2.08. The van der Waals surface area contributed by atoms with Gasteiger partial charge in [-0.1, -0.05) is 54.6 Å². The summed E-state index contributed by atoms with van der Waals surface area (Å²) in [6, 6.07) is 17.3. The van der Waals surface area contributed by atoms with E-state index in [0.29, 0.717) is 18.4 Å². The van der Waals surface area contributed by atoms with E-state index in [2.05, 4.69) is 0 Å². The lowest BCUT2D eigenvalue weighted by Gasteiger charge is -2.03. The van der Waals surface area contributed by atoms with Crippen LogP contribution in [-0.4, -0.2) is 12.6 Å². The molecule has 0 heterocycles. The molecule has 0 fully saturated rings. The van der Waals surface area contributed by atoms with Crippen molar-refractivity contribution >= 4 is 27.5 Å². The fourth-order valence-corrected chi connectivity index (χ4v) is 2.60. The first-order chi connectivity index (χ1) is 10.6. The van der Waals surface area contributed by atoms with Gasteiger partial charge in [0.05, 0.1) is 6.61 Å². The van der Waals surface area contributed by atoms with Crippen molar-refractivity contribution in [2.24, 2.45) is 0 Å². The highest BCUT2D eigenvalue weighted by atomic mass is 16.5. The minimum Gasteiger partial charge on any atom is -0.466 e. The Morgan fingerprint density at radius 3 is 2.50 bits per heavy atom. The van der Waals surface area contributed by atoms with Crippen molar-refractivity contribution in [1.29, 1.82) is 0 Å². The zero-order valence-electron chi connectivity index (χ0n) is 12.3. The molecule has 0 bridgehead atoms. The van der Waals surface area contributed by atoms with Crippen LogP contribution < -0.4 is 5.43 Å². The van der Waals surface area contributed by atoms with E-state index in [-0.39, 0.29) is 11.4 Å². The molecule has 3 rings (SSSR count). The fourth-order valence-electron chi connectivity index (χ4n) is 2.60. The number of esters is 1. The maximum atomic E-state index is 12.6. The van der Waals surface area contributed by atoms with Crippen LogP contribution >= 0.6 is 0 Å². The second kappa shape index (κ2) is 5.98. The van der Waals surface area contributed by atoms with Crippen molar-refractivity contribution in [3.63, 3.8) is 0 Å². The van der Waals surface area contributed by atoms with Crippen LogP contribution in [0.1, 0.15) is 12.5 Å². The van der Waals surface area contributed by atoms with E-state index in [1.165, 1.54) is 6.92 Å². The summed E-state index contributed by atoms with van der Waals surface area (Å²) in [6.07, 6.45) is 0.641. The highest BCUT2D eigenvalue weighted by Gasteiger charge is 2.03. The van der Waals surface area contributed by atoms with Crippen LogP contribution in [0.3, 0.4) is 0 Å². The Labute approximate surface area is 128 Å². The second-order valence-electron chi connectivity index (χ2n) is 5.26. The van der Waals surface area contributed by atoms with Crippen molar-refractivity contribution in [2.75, 3.05) is 6.61 Å². The minimum absolute atomic E-state index is 0.0436. The molecular formula is C19H16O3. The first-order valence-electron chi connectivity index (χ1n) is 7.23. The van der Waals surface area contributed by atoms with Gasteiger partial charge in [-0.25, -0.2) is 0 Å². The molecule has 0 aliphatic rings. The van der Waals surface area contributed by atoms with Crippen molar-refractivity contribution in [3.8, 4) is 0 Å². The number of rotatable bonds is 3. The van der Waals surface area contributed by atoms with Crippen LogP contribution in [0, 0.1) is 0 Å². The Hall–Kier alpha value is -2.68. The summed E-state index contributed by atoms with van der Waals surface area (Å²) in [4.78, 5) is 23.4. The third-order valence-corrected chi connectivity index (χ3v) is 3.70. The monoisotopic (exact) mass is 292 g/mol. The van der Waals surface area contributed by atoms with Crippen molar-refractivity contribution in [3.05, 3.63) is 70.4 Å². The summed E-state index contributed by atoms with van der Waals surface area (Å²) in [5, 5.41) is 3.27. The molecule has 0 aliphatic heterocycles. The van der Waals surface area contributed by atoms with Gasteiger partial charge < -0.3 is 4.74 Å². The van der Waals surface area contributed by atoms with Crippen molar-refractivity contribution < 1.29 is 9.53 Å². The van der Waals surface area contributed by atoms with Gasteiger partial charge in [-0.2, -0.15) is 0 Å². The molecule has 3 aromatic rings. The minimum atomic E-state index is -0.278. The van der Waals surface area contributed by atoms with Gasteiger partial charge in [0.25, 0.3) is 0 Å². The maximum Gasteiger partial charge on any atom is 0.302 e. The number of benzene rings is 2. The van der Waals surface area contributed by atoms with Crippen LogP contribution in [0.2, 0.25) is 0 Å². The molecule has 0 aliphatic carbocycles. The zero-order valence-corrected chi connectivity index (χ0v) is 12.3. The number of hydrogen-bond acceptors (Lipinski definition) is 3. The van der Waals surface area contributed by atoms with Crippen LogP contribution in [0.25, 0.3) is 21.5 Å². The molecule has 0 spiro atoms. The number of fused-ring (bicyclic) bond motifs is 2. The van der Waals surface area contributed by atoms with Crippen LogP contribution in [0.5, 0.6) is 0 Å². The van der Waals surface area contributed by atoms with E-state index in [1.54, 1.807) is 0 Å². The second-order valence-corrected chi connectivity index (χ2v) is 5.26. The highest BCUT2D eigenvalue weighted by molar-refractivity contribution is 5.93. The standard InChI is InChI=1S/C19H16O3/c1-13(20)22-11-10-14-6-9-18-16(12-14)8-7-15-4-2-3-5-17(15)19(18)21/h2-9,12H,10-11H2,1H3. The van der Waals surface area contributed by atoms with Gasteiger partial charge in [0.1, 0.15) is 0 Å².